The second-order valence-electron chi connectivity index (χ2n) is 2.10. The lowest BCUT2D eigenvalue weighted by Gasteiger charge is -2.06. The maximum absolute atomic E-state index is 11.7. The van der Waals surface area contributed by atoms with Crippen molar-refractivity contribution in [1.29, 1.82) is 0 Å². The largest absolute Gasteiger partial charge is 0.508 e. The fraction of sp³-hybridized carbons (Fsp3) is 0.143. The highest BCUT2D eigenvalue weighted by Gasteiger charge is 2.07. The molecule has 66 valence electrons. The fourth-order valence-corrected chi connectivity index (χ4v) is 0.739. The van der Waals surface area contributed by atoms with Gasteiger partial charge < -0.3 is 15.6 Å². The van der Waals surface area contributed by atoms with Gasteiger partial charge in [0.2, 0.25) is 0 Å². The number of anilines is 1. The van der Waals surface area contributed by atoms with Crippen LogP contribution in [0.2, 0.25) is 0 Å². The SMILES string of the molecule is Nc1cc(O)ccc1OC(F)F. The Morgan fingerprint density at radius 3 is 2.58 bits per heavy atom. The van der Waals surface area contributed by atoms with E-state index in [9.17, 15) is 8.78 Å². The zero-order chi connectivity index (χ0) is 9.14. The molecule has 1 rings (SSSR count). The number of hydrogen-bond donors (Lipinski definition) is 2. The van der Waals surface area contributed by atoms with E-state index >= 15 is 0 Å². The molecule has 0 atom stereocenters. The highest BCUT2D eigenvalue weighted by Crippen LogP contribution is 2.26. The van der Waals surface area contributed by atoms with Gasteiger partial charge in [-0.05, 0) is 12.1 Å². The van der Waals surface area contributed by atoms with Gasteiger partial charge in [-0.2, -0.15) is 8.78 Å². The summed E-state index contributed by atoms with van der Waals surface area (Å²) in [6.45, 7) is -2.91. The molecule has 0 heterocycles. The lowest BCUT2D eigenvalue weighted by atomic mass is 10.3. The average molecular weight is 175 g/mol. The molecule has 0 radical (unpaired) electrons. The number of phenolic OH excluding ortho intramolecular Hbond substituents is 1. The number of nitrogens with two attached hydrogens (primary N) is 1. The van der Waals surface area contributed by atoms with Crippen molar-refractivity contribution < 1.29 is 18.6 Å². The highest BCUT2D eigenvalue weighted by atomic mass is 19.3. The smallest absolute Gasteiger partial charge is 0.387 e. The molecule has 0 spiro atoms. The van der Waals surface area contributed by atoms with Crippen LogP contribution in [0, 0.1) is 0 Å². The molecular weight excluding hydrogens is 168 g/mol. The minimum atomic E-state index is -2.91. The van der Waals surface area contributed by atoms with E-state index in [0.29, 0.717) is 0 Å². The van der Waals surface area contributed by atoms with Gasteiger partial charge in [0, 0.05) is 6.07 Å². The Hall–Kier alpha value is -1.52. The molecule has 0 aliphatic rings. The molecule has 0 saturated carbocycles. The third kappa shape index (κ3) is 1.98. The summed E-state index contributed by atoms with van der Waals surface area (Å²) in [5.74, 6) is -0.225. The second-order valence-corrected chi connectivity index (χ2v) is 2.10. The summed E-state index contributed by atoms with van der Waals surface area (Å²) >= 11 is 0. The van der Waals surface area contributed by atoms with Gasteiger partial charge in [-0.1, -0.05) is 0 Å². The zero-order valence-corrected chi connectivity index (χ0v) is 6.00. The maximum Gasteiger partial charge on any atom is 0.387 e. The molecule has 0 fully saturated rings. The minimum Gasteiger partial charge on any atom is -0.508 e. The molecule has 5 heteroatoms. The van der Waals surface area contributed by atoms with Crippen LogP contribution in [0.3, 0.4) is 0 Å². The Bertz CT molecular complexity index is 278. The van der Waals surface area contributed by atoms with E-state index in [1.54, 1.807) is 0 Å². The molecular formula is C7H7F2NO2. The first-order valence-electron chi connectivity index (χ1n) is 3.13. The monoisotopic (exact) mass is 175 g/mol. The maximum atomic E-state index is 11.7. The second kappa shape index (κ2) is 3.25. The summed E-state index contributed by atoms with van der Waals surface area (Å²) in [5, 5.41) is 8.85. The number of halogens is 2. The predicted octanol–water partition coefficient (Wildman–Crippen LogP) is 1.58. The first-order valence-corrected chi connectivity index (χ1v) is 3.13. The van der Waals surface area contributed by atoms with E-state index in [-0.39, 0.29) is 17.2 Å². The van der Waals surface area contributed by atoms with Gasteiger partial charge in [-0.25, -0.2) is 0 Å². The molecule has 1 aromatic rings. The van der Waals surface area contributed by atoms with Gasteiger partial charge in [-0.3, -0.25) is 0 Å². The first kappa shape index (κ1) is 8.58. The van der Waals surface area contributed by atoms with Crippen LogP contribution >= 0.6 is 0 Å². The summed E-state index contributed by atoms with van der Waals surface area (Å²) < 4.78 is 27.4. The van der Waals surface area contributed by atoms with Gasteiger partial charge in [0.15, 0.2) is 0 Å². The quantitative estimate of drug-likeness (QED) is 0.671. The number of rotatable bonds is 2. The molecule has 0 aliphatic carbocycles. The van der Waals surface area contributed by atoms with Crippen molar-refractivity contribution in [1.82, 2.24) is 0 Å². The van der Waals surface area contributed by atoms with Crippen LogP contribution < -0.4 is 10.5 Å². The molecule has 3 N–H and O–H groups in total. The number of phenols is 1. The lowest BCUT2D eigenvalue weighted by molar-refractivity contribution is -0.0493. The van der Waals surface area contributed by atoms with Crippen LogP contribution in [0.1, 0.15) is 0 Å². The van der Waals surface area contributed by atoms with Crippen LogP contribution in [-0.2, 0) is 0 Å². The van der Waals surface area contributed by atoms with Crippen molar-refractivity contribution in [3.8, 4) is 11.5 Å². The van der Waals surface area contributed by atoms with Gasteiger partial charge >= 0.3 is 6.61 Å². The number of alkyl halides is 2. The van der Waals surface area contributed by atoms with E-state index < -0.39 is 6.61 Å². The molecule has 0 aliphatic heterocycles. The van der Waals surface area contributed by atoms with Crippen LogP contribution in [0.25, 0.3) is 0 Å². The van der Waals surface area contributed by atoms with Crippen LogP contribution in [0.15, 0.2) is 18.2 Å². The molecule has 0 amide bonds. The van der Waals surface area contributed by atoms with Gasteiger partial charge in [-0.15, -0.1) is 0 Å². The molecule has 3 nitrogen and oxygen atoms in total. The third-order valence-electron chi connectivity index (χ3n) is 1.21. The number of aromatic hydroxyl groups is 1. The molecule has 0 unspecified atom stereocenters. The lowest BCUT2D eigenvalue weighted by Crippen LogP contribution is -2.03. The Morgan fingerprint density at radius 1 is 1.42 bits per heavy atom. The number of ether oxygens (including phenoxy) is 1. The number of hydrogen-bond acceptors (Lipinski definition) is 3. The van der Waals surface area contributed by atoms with E-state index in [4.69, 9.17) is 10.8 Å². The van der Waals surface area contributed by atoms with E-state index in [0.717, 1.165) is 6.07 Å². The molecule has 0 bridgehead atoms. The summed E-state index contributed by atoms with van der Waals surface area (Å²) in [7, 11) is 0. The fourth-order valence-electron chi connectivity index (χ4n) is 0.739. The standard InChI is InChI=1S/C7H7F2NO2/c8-7(9)12-6-2-1-4(11)3-5(6)10/h1-3,7,11H,10H2. The van der Waals surface area contributed by atoms with Crippen molar-refractivity contribution in [2.24, 2.45) is 0 Å². The average Bonchev–Trinajstić information content (AvgIpc) is 1.94. The Kier molecular flexibility index (Phi) is 2.32. The molecule has 0 saturated heterocycles. The number of nitrogen functional groups attached to an aromatic ring is 1. The normalized spacial score (nSPS) is 10.2. The predicted molar refractivity (Wildman–Crippen MR) is 39.2 cm³/mol. The van der Waals surface area contributed by atoms with Crippen molar-refractivity contribution >= 4 is 5.69 Å². The summed E-state index contributed by atoms with van der Waals surface area (Å²) in [5.41, 5.74) is 5.23. The summed E-state index contributed by atoms with van der Waals surface area (Å²) in [6.07, 6.45) is 0. The Morgan fingerprint density at radius 2 is 2.08 bits per heavy atom. The highest BCUT2D eigenvalue weighted by molar-refractivity contribution is 5.55. The van der Waals surface area contributed by atoms with E-state index in [2.05, 4.69) is 4.74 Å². The molecule has 1 aromatic carbocycles. The van der Waals surface area contributed by atoms with Gasteiger partial charge in [0.05, 0.1) is 5.69 Å². The Labute approximate surface area is 67.4 Å². The van der Waals surface area contributed by atoms with Crippen molar-refractivity contribution in [3.63, 3.8) is 0 Å². The molecule has 12 heavy (non-hydrogen) atoms. The van der Waals surface area contributed by atoms with Gasteiger partial charge in [0.25, 0.3) is 0 Å². The van der Waals surface area contributed by atoms with Crippen LogP contribution in [0.5, 0.6) is 11.5 Å². The van der Waals surface area contributed by atoms with Crippen molar-refractivity contribution in [2.75, 3.05) is 5.73 Å². The zero-order valence-electron chi connectivity index (χ0n) is 6.00. The first-order chi connectivity index (χ1) is 5.59. The third-order valence-corrected chi connectivity index (χ3v) is 1.21. The molecule has 0 aromatic heterocycles. The van der Waals surface area contributed by atoms with E-state index in [1.165, 1.54) is 12.1 Å². The van der Waals surface area contributed by atoms with Crippen LogP contribution in [0.4, 0.5) is 14.5 Å². The number of benzene rings is 1. The Balaban J connectivity index is 2.86. The van der Waals surface area contributed by atoms with E-state index in [1.807, 2.05) is 0 Å². The summed E-state index contributed by atoms with van der Waals surface area (Å²) in [4.78, 5) is 0. The minimum absolute atomic E-state index is 0.0182. The van der Waals surface area contributed by atoms with Gasteiger partial charge in [0.1, 0.15) is 11.5 Å². The topological polar surface area (TPSA) is 55.5 Å². The van der Waals surface area contributed by atoms with Crippen LogP contribution in [-0.4, -0.2) is 11.7 Å². The van der Waals surface area contributed by atoms with Crippen molar-refractivity contribution in [2.45, 2.75) is 6.61 Å². The van der Waals surface area contributed by atoms with Crippen molar-refractivity contribution in [3.05, 3.63) is 18.2 Å². The summed E-state index contributed by atoms with van der Waals surface area (Å²) in [6, 6.07) is 3.53.